The first-order valence-electron chi connectivity index (χ1n) is 9.31. The van der Waals surface area contributed by atoms with Crippen molar-refractivity contribution in [1.29, 1.82) is 0 Å². The molecule has 4 atom stereocenters. The van der Waals surface area contributed by atoms with Gasteiger partial charge in [-0.15, -0.1) is 0 Å². The summed E-state index contributed by atoms with van der Waals surface area (Å²) in [4.78, 5) is 59.0. The van der Waals surface area contributed by atoms with E-state index in [1.165, 1.54) is 6.92 Å². The van der Waals surface area contributed by atoms with Crippen LogP contribution in [0.1, 0.15) is 18.9 Å². The highest BCUT2D eigenvalue weighted by molar-refractivity contribution is 5.94. The maximum Gasteiger partial charge on any atom is 0.326 e. The minimum Gasteiger partial charge on any atom is -0.481 e. The Morgan fingerprint density at radius 2 is 1.39 bits per heavy atom. The second-order valence-corrected chi connectivity index (χ2v) is 6.78. The van der Waals surface area contributed by atoms with Gasteiger partial charge in [0, 0.05) is 6.42 Å². The summed E-state index contributed by atoms with van der Waals surface area (Å²) in [5, 5.41) is 34.1. The molecular weight excluding hydrogens is 412 g/mol. The molecule has 0 aliphatic carbocycles. The molecule has 0 aliphatic heterocycles. The molecule has 0 bridgehead atoms. The molecule has 0 aromatic heterocycles. The first-order chi connectivity index (χ1) is 14.5. The summed E-state index contributed by atoms with van der Waals surface area (Å²) in [7, 11) is 0. The fourth-order valence-corrected chi connectivity index (χ4v) is 2.48. The zero-order valence-electron chi connectivity index (χ0n) is 16.8. The molecule has 1 rings (SSSR count). The van der Waals surface area contributed by atoms with E-state index in [0.29, 0.717) is 5.56 Å². The van der Waals surface area contributed by atoms with E-state index in [0.717, 1.165) is 0 Å². The van der Waals surface area contributed by atoms with Crippen LogP contribution >= 0.6 is 0 Å². The van der Waals surface area contributed by atoms with Crippen molar-refractivity contribution in [1.82, 2.24) is 16.0 Å². The molecule has 1 aromatic carbocycles. The highest BCUT2D eigenvalue weighted by Crippen LogP contribution is 2.05. The average molecular weight is 438 g/mol. The van der Waals surface area contributed by atoms with Gasteiger partial charge in [0.25, 0.3) is 0 Å². The largest absolute Gasteiger partial charge is 0.481 e. The van der Waals surface area contributed by atoms with Crippen LogP contribution in [0.3, 0.4) is 0 Å². The number of nitrogens with two attached hydrogens (primary N) is 1. The lowest BCUT2D eigenvalue weighted by atomic mass is 10.0. The molecule has 12 nitrogen and oxygen atoms in total. The third-order valence-corrected chi connectivity index (χ3v) is 4.14. The van der Waals surface area contributed by atoms with E-state index in [1.807, 2.05) is 0 Å². The zero-order valence-corrected chi connectivity index (χ0v) is 16.8. The van der Waals surface area contributed by atoms with Crippen LogP contribution in [0, 0.1) is 0 Å². The van der Waals surface area contributed by atoms with Gasteiger partial charge in [-0.25, -0.2) is 4.79 Å². The molecule has 0 heterocycles. The molecule has 8 N–H and O–H groups in total. The zero-order chi connectivity index (χ0) is 23.6. The molecular formula is C19H26N4O8. The van der Waals surface area contributed by atoms with E-state index in [2.05, 4.69) is 16.0 Å². The Morgan fingerprint density at radius 3 is 1.87 bits per heavy atom. The Balaban J connectivity index is 3.03. The van der Waals surface area contributed by atoms with Gasteiger partial charge in [-0.05, 0) is 12.5 Å². The van der Waals surface area contributed by atoms with Crippen LogP contribution in [-0.2, 0) is 30.4 Å². The van der Waals surface area contributed by atoms with E-state index in [-0.39, 0.29) is 6.42 Å². The van der Waals surface area contributed by atoms with Crippen LogP contribution < -0.4 is 21.7 Å². The number of aliphatic carboxylic acids is 2. The van der Waals surface area contributed by atoms with Crippen LogP contribution in [0.5, 0.6) is 0 Å². The molecule has 1 aromatic rings. The van der Waals surface area contributed by atoms with Gasteiger partial charge in [-0.1, -0.05) is 30.3 Å². The Kier molecular flexibility index (Phi) is 10.1. The Bertz CT molecular complexity index is 799. The summed E-state index contributed by atoms with van der Waals surface area (Å²) in [6.07, 6.45) is -0.923. The first-order valence-corrected chi connectivity index (χ1v) is 9.31. The van der Waals surface area contributed by atoms with Crippen molar-refractivity contribution in [3.05, 3.63) is 35.9 Å². The molecule has 12 heteroatoms. The number of carboxylic acids is 2. The third-order valence-electron chi connectivity index (χ3n) is 4.14. The molecule has 4 unspecified atom stereocenters. The van der Waals surface area contributed by atoms with E-state index >= 15 is 0 Å². The van der Waals surface area contributed by atoms with Crippen molar-refractivity contribution in [2.24, 2.45) is 5.73 Å². The summed E-state index contributed by atoms with van der Waals surface area (Å²) in [6, 6.07) is 3.07. The van der Waals surface area contributed by atoms with E-state index < -0.39 is 66.9 Å². The first kappa shape index (κ1) is 25.5. The van der Waals surface area contributed by atoms with Crippen molar-refractivity contribution in [2.45, 2.75) is 43.9 Å². The van der Waals surface area contributed by atoms with Gasteiger partial charge in [0.05, 0.1) is 19.1 Å². The topological polar surface area (TPSA) is 208 Å². The predicted molar refractivity (Wildman–Crippen MR) is 107 cm³/mol. The summed E-state index contributed by atoms with van der Waals surface area (Å²) < 4.78 is 0. The molecule has 0 aliphatic rings. The average Bonchev–Trinajstić information content (AvgIpc) is 2.70. The molecule has 0 fully saturated rings. The van der Waals surface area contributed by atoms with E-state index in [9.17, 15) is 29.1 Å². The number of rotatable bonds is 12. The third kappa shape index (κ3) is 8.80. The number of benzene rings is 1. The Hall–Kier alpha value is -3.51. The quantitative estimate of drug-likeness (QED) is 0.185. The van der Waals surface area contributed by atoms with Crippen molar-refractivity contribution in [3.63, 3.8) is 0 Å². The highest BCUT2D eigenvalue weighted by Gasteiger charge is 2.30. The SMILES string of the molecule is CC(N)C(=O)NC(CO)C(=O)NC(Cc1ccccc1)C(=O)NC(CC(=O)O)C(=O)O. The minimum atomic E-state index is -1.72. The van der Waals surface area contributed by atoms with Crippen molar-refractivity contribution >= 4 is 29.7 Å². The second-order valence-electron chi connectivity index (χ2n) is 6.78. The molecule has 0 saturated heterocycles. The van der Waals surface area contributed by atoms with Gasteiger partial charge in [-0.2, -0.15) is 0 Å². The number of carbonyl (C=O) groups excluding carboxylic acids is 3. The number of nitrogens with one attached hydrogen (secondary N) is 3. The normalized spacial score (nSPS) is 14.4. The minimum absolute atomic E-state index is 0.0583. The van der Waals surface area contributed by atoms with Crippen LogP contribution in [0.4, 0.5) is 0 Å². The number of amides is 3. The molecule has 3 amide bonds. The van der Waals surface area contributed by atoms with Crippen molar-refractivity contribution < 1.29 is 39.3 Å². The highest BCUT2D eigenvalue weighted by atomic mass is 16.4. The van der Waals surface area contributed by atoms with Crippen LogP contribution in [-0.4, -0.2) is 75.8 Å². The fraction of sp³-hybridized carbons (Fsp3) is 0.421. The van der Waals surface area contributed by atoms with Crippen LogP contribution in [0.15, 0.2) is 30.3 Å². The van der Waals surface area contributed by atoms with E-state index in [4.69, 9.17) is 15.9 Å². The van der Waals surface area contributed by atoms with Crippen LogP contribution in [0.25, 0.3) is 0 Å². The van der Waals surface area contributed by atoms with Crippen LogP contribution in [0.2, 0.25) is 0 Å². The molecule has 0 saturated carbocycles. The van der Waals surface area contributed by atoms with Gasteiger partial charge in [0.1, 0.15) is 18.1 Å². The molecule has 0 radical (unpaired) electrons. The molecule has 0 spiro atoms. The number of hydrogen-bond acceptors (Lipinski definition) is 7. The second kappa shape index (κ2) is 12.2. The lowest BCUT2D eigenvalue weighted by molar-refractivity contribution is -0.147. The Morgan fingerprint density at radius 1 is 0.871 bits per heavy atom. The van der Waals surface area contributed by atoms with Crippen molar-refractivity contribution in [3.8, 4) is 0 Å². The number of aliphatic hydroxyl groups excluding tert-OH is 1. The number of carbonyl (C=O) groups is 5. The van der Waals surface area contributed by atoms with Gasteiger partial charge in [0.2, 0.25) is 17.7 Å². The smallest absolute Gasteiger partial charge is 0.326 e. The maximum absolute atomic E-state index is 12.7. The van der Waals surface area contributed by atoms with Gasteiger partial charge in [-0.3, -0.25) is 19.2 Å². The summed E-state index contributed by atoms with van der Waals surface area (Å²) in [6.45, 7) is 0.600. The number of hydrogen-bond donors (Lipinski definition) is 7. The molecule has 31 heavy (non-hydrogen) atoms. The monoisotopic (exact) mass is 438 g/mol. The Labute approximate surface area is 177 Å². The summed E-state index contributed by atoms with van der Waals surface area (Å²) in [5.41, 5.74) is 6.04. The number of carboxylic acid groups (broad SMARTS) is 2. The standard InChI is InChI=1S/C19H26N4O8/c1-10(20)16(27)23-14(9-24)18(29)21-12(7-11-5-3-2-4-6-11)17(28)22-13(19(30)31)8-15(25)26/h2-6,10,12-14,24H,7-9,20H2,1H3,(H,21,29)(H,22,28)(H,23,27)(H,25,26)(H,30,31). The summed E-state index contributed by atoms with van der Waals surface area (Å²) in [5.74, 6) is -5.54. The van der Waals surface area contributed by atoms with Gasteiger partial charge < -0.3 is 37.0 Å². The summed E-state index contributed by atoms with van der Waals surface area (Å²) >= 11 is 0. The maximum atomic E-state index is 12.7. The molecule has 170 valence electrons. The van der Waals surface area contributed by atoms with Crippen molar-refractivity contribution in [2.75, 3.05) is 6.61 Å². The number of aliphatic hydroxyl groups is 1. The predicted octanol–water partition coefficient (Wildman–Crippen LogP) is -2.42. The lowest BCUT2D eigenvalue weighted by Gasteiger charge is -2.24. The van der Waals surface area contributed by atoms with E-state index in [1.54, 1.807) is 30.3 Å². The van der Waals surface area contributed by atoms with Gasteiger partial charge >= 0.3 is 11.9 Å². The van der Waals surface area contributed by atoms with Gasteiger partial charge in [0.15, 0.2) is 0 Å². The lowest BCUT2D eigenvalue weighted by Crippen LogP contribution is -2.58. The fourth-order valence-electron chi connectivity index (χ4n) is 2.48.